The minimum absolute atomic E-state index is 0.0147. The van der Waals surface area contributed by atoms with E-state index in [0.29, 0.717) is 12.3 Å². The van der Waals surface area contributed by atoms with Crippen molar-refractivity contribution in [3.63, 3.8) is 0 Å². The summed E-state index contributed by atoms with van der Waals surface area (Å²) in [5.41, 5.74) is 1.63. The summed E-state index contributed by atoms with van der Waals surface area (Å²) in [7, 11) is 0. The number of nitrogens with one attached hydrogen (secondary N) is 2. The Kier molecular flexibility index (Phi) is 7.72. The molecule has 1 aliphatic heterocycles. The summed E-state index contributed by atoms with van der Waals surface area (Å²) >= 11 is 0. The maximum atomic E-state index is 10.5. The highest BCUT2D eigenvalue weighted by atomic mass is 16.5. The number of esters is 1. The number of ether oxygens (including phenoxy) is 1. The molecule has 1 aromatic rings. The van der Waals surface area contributed by atoms with Gasteiger partial charge >= 0.3 is 5.97 Å². The normalized spacial score (nSPS) is 17.1. The van der Waals surface area contributed by atoms with Gasteiger partial charge in [0.25, 0.3) is 0 Å². The summed E-state index contributed by atoms with van der Waals surface area (Å²) in [6.45, 7) is 0.255. The minimum Gasteiger partial charge on any atom is -0.459 e. The van der Waals surface area contributed by atoms with E-state index in [1.54, 1.807) is 0 Å². The molecule has 1 heterocycles. The van der Waals surface area contributed by atoms with Gasteiger partial charge in [-0.2, -0.15) is 5.26 Å². The van der Waals surface area contributed by atoms with Crippen molar-refractivity contribution < 1.29 is 14.6 Å². The van der Waals surface area contributed by atoms with Crippen molar-refractivity contribution in [3.05, 3.63) is 35.9 Å². The van der Waals surface area contributed by atoms with Crippen LogP contribution in [0.5, 0.6) is 0 Å². The molecule has 0 amide bonds. The number of hydrogen-bond donors (Lipinski definition) is 3. The molecule has 0 aromatic heterocycles. The third-order valence-electron chi connectivity index (χ3n) is 2.82. The van der Waals surface area contributed by atoms with E-state index in [1.165, 1.54) is 0 Å². The zero-order valence-corrected chi connectivity index (χ0v) is 11.7. The Morgan fingerprint density at radius 3 is 2.71 bits per heavy atom. The Bertz CT molecular complexity index is 487. The van der Waals surface area contributed by atoms with Gasteiger partial charge in [-0.3, -0.25) is 5.32 Å². The van der Waals surface area contributed by atoms with Gasteiger partial charge in [0.1, 0.15) is 13.2 Å². The van der Waals surface area contributed by atoms with Crippen LogP contribution in [0, 0.1) is 16.7 Å². The highest BCUT2D eigenvalue weighted by Crippen LogP contribution is 2.02. The van der Waals surface area contributed by atoms with Crippen molar-refractivity contribution in [3.8, 4) is 6.07 Å². The van der Waals surface area contributed by atoms with Gasteiger partial charge in [-0.15, -0.1) is 0 Å². The lowest BCUT2D eigenvalue weighted by molar-refractivity contribution is -0.148. The Morgan fingerprint density at radius 1 is 1.48 bits per heavy atom. The predicted molar refractivity (Wildman–Crippen MR) is 77.7 cm³/mol. The largest absolute Gasteiger partial charge is 0.459 e. The van der Waals surface area contributed by atoms with Crippen LogP contribution < -0.4 is 5.32 Å². The highest BCUT2D eigenvalue weighted by molar-refractivity contribution is 5.84. The number of piperidine rings is 1. The fourth-order valence-corrected chi connectivity index (χ4v) is 1.65. The SMILES string of the molecule is N#CC1CCC(=N)CN1.O=C(CO)OCc1ccccc1. The maximum Gasteiger partial charge on any atom is 0.332 e. The number of aliphatic hydroxyl groups excluding tert-OH is 1. The molecule has 1 unspecified atom stereocenters. The Morgan fingerprint density at radius 2 is 2.19 bits per heavy atom. The number of carbonyl (C=O) groups excluding carboxylic acids is 1. The van der Waals surface area contributed by atoms with E-state index in [1.807, 2.05) is 30.3 Å². The zero-order chi connectivity index (χ0) is 15.5. The van der Waals surface area contributed by atoms with E-state index in [0.717, 1.165) is 18.4 Å². The molecule has 1 saturated heterocycles. The molecular weight excluding hydrogens is 270 g/mol. The average Bonchev–Trinajstić information content (AvgIpc) is 2.55. The first-order valence-corrected chi connectivity index (χ1v) is 6.65. The lowest BCUT2D eigenvalue weighted by Crippen LogP contribution is -2.37. The number of aliphatic hydroxyl groups is 1. The number of nitrogens with zero attached hydrogens (tertiary/aromatic N) is 1. The smallest absolute Gasteiger partial charge is 0.332 e. The van der Waals surface area contributed by atoms with Gasteiger partial charge in [0.2, 0.25) is 0 Å². The topological polar surface area (TPSA) is 106 Å². The summed E-state index contributed by atoms with van der Waals surface area (Å²) in [5.74, 6) is -0.598. The first kappa shape index (κ1) is 16.8. The second kappa shape index (κ2) is 9.64. The molecule has 6 nitrogen and oxygen atoms in total. The van der Waals surface area contributed by atoms with Gasteiger partial charge in [0.15, 0.2) is 0 Å². The molecule has 1 atom stereocenters. The van der Waals surface area contributed by atoms with Crippen LogP contribution in [0.2, 0.25) is 0 Å². The van der Waals surface area contributed by atoms with Crippen LogP contribution in [-0.2, 0) is 16.1 Å². The molecule has 1 aliphatic rings. The lowest BCUT2D eigenvalue weighted by Gasteiger charge is -2.17. The van der Waals surface area contributed by atoms with Crippen LogP contribution in [0.15, 0.2) is 30.3 Å². The van der Waals surface area contributed by atoms with E-state index < -0.39 is 12.6 Å². The van der Waals surface area contributed by atoms with Crippen molar-refractivity contribution in [1.29, 1.82) is 10.7 Å². The summed E-state index contributed by atoms with van der Waals surface area (Å²) in [4.78, 5) is 10.5. The van der Waals surface area contributed by atoms with Crippen molar-refractivity contribution in [1.82, 2.24) is 5.32 Å². The second-order valence-electron chi connectivity index (χ2n) is 4.51. The molecule has 6 heteroatoms. The molecule has 112 valence electrons. The molecule has 0 saturated carbocycles. The molecule has 2 rings (SSSR count). The van der Waals surface area contributed by atoms with Crippen LogP contribution in [0.1, 0.15) is 18.4 Å². The van der Waals surface area contributed by atoms with Gasteiger partial charge in [-0.05, 0) is 18.4 Å². The predicted octanol–water partition coefficient (Wildman–Crippen LogP) is 1.00. The van der Waals surface area contributed by atoms with E-state index in [2.05, 4.69) is 16.1 Å². The lowest BCUT2D eigenvalue weighted by atomic mass is 10.1. The van der Waals surface area contributed by atoms with Crippen molar-refractivity contribution in [2.45, 2.75) is 25.5 Å². The Labute approximate surface area is 123 Å². The number of benzene rings is 1. The quantitative estimate of drug-likeness (QED) is 0.720. The van der Waals surface area contributed by atoms with Crippen molar-refractivity contribution in [2.75, 3.05) is 13.2 Å². The van der Waals surface area contributed by atoms with Gasteiger partial charge in [-0.1, -0.05) is 30.3 Å². The molecule has 0 radical (unpaired) electrons. The third kappa shape index (κ3) is 7.20. The Hall–Kier alpha value is -2.23. The molecule has 1 fully saturated rings. The van der Waals surface area contributed by atoms with Crippen LogP contribution in [-0.4, -0.2) is 36.0 Å². The van der Waals surface area contributed by atoms with Crippen LogP contribution in [0.4, 0.5) is 0 Å². The average molecular weight is 289 g/mol. The standard InChI is InChI=1S/C9H10O3.C6H9N3/c10-6-9(11)12-7-8-4-2-1-3-5-8;7-3-6-2-1-5(8)4-9-6/h1-5,10H,6-7H2;6,8-9H,1-2,4H2. The summed E-state index contributed by atoms with van der Waals surface area (Å²) in [6, 6.07) is 11.4. The Balaban J connectivity index is 0.000000219. The fourth-order valence-electron chi connectivity index (χ4n) is 1.65. The van der Waals surface area contributed by atoms with E-state index in [4.69, 9.17) is 15.8 Å². The van der Waals surface area contributed by atoms with Crippen molar-refractivity contribution in [2.24, 2.45) is 0 Å². The van der Waals surface area contributed by atoms with Gasteiger partial charge < -0.3 is 15.3 Å². The first-order chi connectivity index (χ1) is 10.2. The number of carbonyl (C=O) groups is 1. The summed E-state index contributed by atoms with van der Waals surface area (Å²) < 4.78 is 4.69. The molecular formula is C15H19N3O3. The third-order valence-corrected chi connectivity index (χ3v) is 2.82. The summed E-state index contributed by atoms with van der Waals surface area (Å²) in [6.07, 6.45) is 1.58. The number of hydrogen-bond acceptors (Lipinski definition) is 6. The second-order valence-corrected chi connectivity index (χ2v) is 4.51. The number of nitriles is 1. The fraction of sp³-hybridized carbons (Fsp3) is 0.400. The van der Waals surface area contributed by atoms with Crippen molar-refractivity contribution >= 4 is 11.7 Å². The molecule has 0 spiro atoms. The number of rotatable bonds is 3. The molecule has 21 heavy (non-hydrogen) atoms. The van der Waals surface area contributed by atoms with E-state index in [9.17, 15) is 4.79 Å². The van der Waals surface area contributed by atoms with Gasteiger partial charge in [0.05, 0.1) is 12.1 Å². The van der Waals surface area contributed by atoms with Gasteiger partial charge in [0, 0.05) is 12.3 Å². The van der Waals surface area contributed by atoms with Crippen LogP contribution in [0.25, 0.3) is 0 Å². The molecule has 0 bridgehead atoms. The zero-order valence-electron chi connectivity index (χ0n) is 11.7. The monoisotopic (exact) mass is 289 g/mol. The van der Waals surface area contributed by atoms with Gasteiger partial charge in [-0.25, -0.2) is 4.79 Å². The van der Waals surface area contributed by atoms with E-state index in [-0.39, 0.29) is 12.6 Å². The molecule has 3 N–H and O–H groups in total. The highest BCUT2D eigenvalue weighted by Gasteiger charge is 2.13. The molecule has 0 aliphatic carbocycles. The van der Waals surface area contributed by atoms with Crippen LogP contribution >= 0.6 is 0 Å². The molecule has 1 aromatic carbocycles. The first-order valence-electron chi connectivity index (χ1n) is 6.65. The van der Waals surface area contributed by atoms with E-state index >= 15 is 0 Å². The van der Waals surface area contributed by atoms with Crippen LogP contribution in [0.3, 0.4) is 0 Å². The summed E-state index contributed by atoms with van der Waals surface area (Å²) in [5, 5.41) is 26.8. The minimum atomic E-state index is -0.598. The maximum absolute atomic E-state index is 10.5.